The van der Waals surface area contributed by atoms with Gasteiger partial charge in [0.2, 0.25) is 0 Å². The van der Waals surface area contributed by atoms with E-state index in [9.17, 15) is 5.11 Å². The third kappa shape index (κ3) is 3.41. The van der Waals surface area contributed by atoms with E-state index in [4.69, 9.17) is 10.5 Å². The molecule has 0 aromatic heterocycles. The van der Waals surface area contributed by atoms with Crippen molar-refractivity contribution < 1.29 is 9.84 Å². The van der Waals surface area contributed by atoms with Crippen molar-refractivity contribution in [1.82, 2.24) is 4.90 Å². The van der Waals surface area contributed by atoms with E-state index in [0.717, 1.165) is 32.4 Å². The van der Waals surface area contributed by atoms with Crippen LogP contribution in [0.5, 0.6) is 0 Å². The summed E-state index contributed by atoms with van der Waals surface area (Å²) < 4.78 is 5.67. The molecule has 2 rings (SSSR count). The van der Waals surface area contributed by atoms with Crippen molar-refractivity contribution in [3.8, 4) is 0 Å². The zero-order valence-electron chi connectivity index (χ0n) is 10.9. The normalized spacial score (nSPS) is 38.8. The highest BCUT2D eigenvalue weighted by atomic mass is 16.5. The molecule has 1 aliphatic heterocycles. The first kappa shape index (κ1) is 13.3. The fourth-order valence-electron chi connectivity index (χ4n) is 3.14. The van der Waals surface area contributed by atoms with Gasteiger partial charge in [0.15, 0.2) is 0 Å². The zero-order chi connectivity index (χ0) is 12.3. The predicted octanol–water partition coefficient (Wildman–Crippen LogP) is 0.730. The highest BCUT2D eigenvalue weighted by Crippen LogP contribution is 2.29. The molecule has 2 fully saturated rings. The smallest absolute Gasteiger partial charge is 0.0702 e. The minimum absolute atomic E-state index is 0.108. The maximum atomic E-state index is 9.37. The Hall–Kier alpha value is -0.160. The number of hydrogen-bond donors (Lipinski definition) is 2. The van der Waals surface area contributed by atoms with E-state index in [1.165, 1.54) is 19.3 Å². The lowest BCUT2D eigenvalue weighted by Gasteiger charge is -2.41. The summed E-state index contributed by atoms with van der Waals surface area (Å²) in [6.45, 7) is 2.03. The van der Waals surface area contributed by atoms with Crippen LogP contribution in [0.25, 0.3) is 0 Å². The fourth-order valence-corrected chi connectivity index (χ4v) is 3.14. The monoisotopic (exact) mass is 242 g/mol. The molecule has 100 valence electrons. The zero-order valence-corrected chi connectivity index (χ0v) is 10.9. The van der Waals surface area contributed by atoms with Gasteiger partial charge in [0, 0.05) is 24.7 Å². The average molecular weight is 242 g/mol. The lowest BCUT2D eigenvalue weighted by atomic mass is 9.80. The standard InChI is InChI=1S/C13H26N2O2/c1-15(9-12-5-3-7-17-12)11-4-2-6-13(14,8-11)10-16/h11-12,16H,2-10,14H2,1H3. The van der Waals surface area contributed by atoms with Crippen LogP contribution in [0.15, 0.2) is 0 Å². The van der Waals surface area contributed by atoms with Gasteiger partial charge in [-0.3, -0.25) is 0 Å². The molecule has 0 aromatic rings. The summed E-state index contributed by atoms with van der Waals surface area (Å²) in [5, 5.41) is 9.37. The second-order valence-corrected chi connectivity index (χ2v) is 5.85. The topological polar surface area (TPSA) is 58.7 Å². The van der Waals surface area contributed by atoms with Gasteiger partial charge in [-0.2, -0.15) is 0 Å². The summed E-state index contributed by atoms with van der Waals surface area (Å²) in [5.74, 6) is 0. The number of aliphatic hydroxyl groups is 1. The van der Waals surface area contributed by atoms with Gasteiger partial charge >= 0.3 is 0 Å². The summed E-state index contributed by atoms with van der Waals surface area (Å²) in [5.41, 5.74) is 5.83. The molecule has 2 aliphatic rings. The molecule has 3 unspecified atom stereocenters. The molecule has 0 aromatic carbocycles. The Morgan fingerprint density at radius 2 is 2.24 bits per heavy atom. The highest BCUT2D eigenvalue weighted by Gasteiger charge is 2.34. The molecular weight excluding hydrogens is 216 g/mol. The van der Waals surface area contributed by atoms with Crippen LogP contribution in [-0.4, -0.2) is 54.5 Å². The number of aliphatic hydroxyl groups excluding tert-OH is 1. The fraction of sp³-hybridized carbons (Fsp3) is 1.00. The lowest BCUT2D eigenvalue weighted by Crippen LogP contribution is -2.53. The van der Waals surface area contributed by atoms with E-state index < -0.39 is 0 Å². The van der Waals surface area contributed by atoms with E-state index in [-0.39, 0.29) is 12.1 Å². The van der Waals surface area contributed by atoms with E-state index >= 15 is 0 Å². The van der Waals surface area contributed by atoms with E-state index in [1.807, 2.05) is 0 Å². The average Bonchev–Trinajstić information content (AvgIpc) is 2.82. The first-order chi connectivity index (χ1) is 8.13. The predicted molar refractivity (Wildman–Crippen MR) is 67.9 cm³/mol. The molecule has 1 heterocycles. The summed E-state index contributed by atoms with van der Waals surface area (Å²) in [4.78, 5) is 2.38. The Kier molecular flexibility index (Phi) is 4.42. The Labute approximate surface area is 104 Å². The van der Waals surface area contributed by atoms with Crippen LogP contribution in [0, 0.1) is 0 Å². The Morgan fingerprint density at radius 1 is 1.41 bits per heavy atom. The minimum Gasteiger partial charge on any atom is -0.394 e. The van der Waals surface area contributed by atoms with E-state index in [2.05, 4.69) is 11.9 Å². The van der Waals surface area contributed by atoms with Crippen LogP contribution in [-0.2, 0) is 4.74 Å². The number of nitrogens with zero attached hydrogens (tertiary/aromatic N) is 1. The second kappa shape index (κ2) is 5.65. The molecule has 0 bridgehead atoms. The van der Waals surface area contributed by atoms with Crippen molar-refractivity contribution in [2.45, 2.75) is 56.2 Å². The molecule has 1 aliphatic carbocycles. The quantitative estimate of drug-likeness (QED) is 0.763. The first-order valence-electron chi connectivity index (χ1n) is 6.84. The molecule has 1 saturated heterocycles. The molecule has 4 heteroatoms. The first-order valence-corrected chi connectivity index (χ1v) is 6.84. The largest absolute Gasteiger partial charge is 0.394 e. The SMILES string of the molecule is CN(CC1CCCO1)C1CCCC(N)(CO)C1. The third-order valence-corrected chi connectivity index (χ3v) is 4.31. The molecule has 3 N–H and O–H groups in total. The van der Waals surface area contributed by atoms with Gasteiger partial charge in [0.25, 0.3) is 0 Å². The maximum Gasteiger partial charge on any atom is 0.0702 e. The molecule has 0 spiro atoms. The lowest BCUT2D eigenvalue weighted by molar-refractivity contribution is 0.0433. The van der Waals surface area contributed by atoms with Gasteiger partial charge < -0.3 is 20.5 Å². The van der Waals surface area contributed by atoms with Crippen LogP contribution >= 0.6 is 0 Å². The van der Waals surface area contributed by atoms with Crippen molar-refractivity contribution >= 4 is 0 Å². The molecule has 3 atom stereocenters. The van der Waals surface area contributed by atoms with Crippen LogP contribution in [0.4, 0.5) is 0 Å². The second-order valence-electron chi connectivity index (χ2n) is 5.85. The van der Waals surface area contributed by atoms with Crippen molar-refractivity contribution in [1.29, 1.82) is 0 Å². The summed E-state index contributed by atoms with van der Waals surface area (Å²) >= 11 is 0. The Bertz CT molecular complexity index is 244. The third-order valence-electron chi connectivity index (χ3n) is 4.31. The van der Waals surface area contributed by atoms with Crippen LogP contribution in [0.2, 0.25) is 0 Å². The van der Waals surface area contributed by atoms with Crippen LogP contribution < -0.4 is 5.73 Å². The van der Waals surface area contributed by atoms with Gasteiger partial charge in [-0.15, -0.1) is 0 Å². The Balaban J connectivity index is 1.83. The van der Waals surface area contributed by atoms with Crippen molar-refractivity contribution in [2.24, 2.45) is 5.73 Å². The molecular formula is C13H26N2O2. The number of likely N-dealkylation sites (N-methyl/N-ethyl adjacent to an activating group) is 1. The Morgan fingerprint density at radius 3 is 2.88 bits per heavy atom. The molecule has 1 saturated carbocycles. The van der Waals surface area contributed by atoms with Crippen LogP contribution in [0.3, 0.4) is 0 Å². The summed E-state index contributed by atoms with van der Waals surface area (Å²) in [6.07, 6.45) is 6.97. The van der Waals surface area contributed by atoms with Crippen LogP contribution in [0.1, 0.15) is 38.5 Å². The molecule has 0 amide bonds. The van der Waals surface area contributed by atoms with E-state index in [0.29, 0.717) is 12.1 Å². The highest BCUT2D eigenvalue weighted by molar-refractivity contribution is 4.93. The molecule has 4 nitrogen and oxygen atoms in total. The summed E-state index contributed by atoms with van der Waals surface area (Å²) in [7, 11) is 2.16. The number of nitrogens with two attached hydrogens (primary N) is 1. The van der Waals surface area contributed by atoms with Crippen molar-refractivity contribution in [2.75, 3.05) is 26.8 Å². The summed E-state index contributed by atoms with van der Waals surface area (Å²) in [6, 6.07) is 0.505. The van der Waals surface area contributed by atoms with Gasteiger partial charge in [0.1, 0.15) is 0 Å². The minimum atomic E-state index is -0.353. The molecule has 17 heavy (non-hydrogen) atoms. The van der Waals surface area contributed by atoms with E-state index in [1.54, 1.807) is 0 Å². The maximum absolute atomic E-state index is 9.37. The van der Waals surface area contributed by atoms with Crippen molar-refractivity contribution in [3.05, 3.63) is 0 Å². The number of rotatable bonds is 4. The van der Waals surface area contributed by atoms with Gasteiger partial charge in [-0.1, -0.05) is 0 Å². The number of hydrogen-bond acceptors (Lipinski definition) is 4. The number of ether oxygens (including phenoxy) is 1. The molecule has 0 radical (unpaired) electrons. The van der Waals surface area contributed by atoms with Crippen molar-refractivity contribution in [3.63, 3.8) is 0 Å². The van der Waals surface area contributed by atoms with Gasteiger partial charge in [-0.05, 0) is 45.6 Å². The van der Waals surface area contributed by atoms with Gasteiger partial charge in [0.05, 0.1) is 12.7 Å². The van der Waals surface area contributed by atoms with Gasteiger partial charge in [-0.25, -0.2) is 0 Å².